The Morgan fingerprint density at radius 3 is 3.00 bits per heavy atom. The molecule has 5 rings (SSSR count). The van der Waals surface area contributed by atoms with Crippen LogP contribution in [0.25, 0.3) is 10.9 Å². The van der Waals surface area contributed by atoms with Crippen LogP contribution in [0.3, 0.4) is 0 Å². The van der Waals surface area contributed by atoms with E-state index in [1.807, 2.05) is 0 Å². The third kappa shape index (κ3) is 3.36. The first kappa shape index (κ1) is 18.8. The highest BCUT2D eigenvalue weighted by atomic mass is 19.1. The molecule has 3 fully saturated rings. The van der Waals surface area contributed by atoms with Gasteiger partial charge in [-0.15, -0.1) is 0 Å². The van der Waals surface area contributed by atoms with Gasteiger partial charge in [0, 0.05) is 35.7 Å². The van der Waals surface area contributed by atoms with Gasteiger partial charge in [0.2, 0.25) is 5.43 Å². The van der Waals surface area contributed by atoms with E-state index in [0.717, 1.165) is 19.6 Å². The number of halogens is 1. The molecule has 0 spiro atoms. The normalized spacial score (nSPS) is 29.4. The van der Waals surface area contributed by atoms with Gasteiger partial charge in [0.25, 0.3) is 5.91 Å². The van der Waals surface area contributed by atoms with E-state index in [2.05, 4.69) is 20.5 Å². The number of amides is 1. The molecule has 0 radical (unpaired) electrons. The van der Waals surface area contributed by atoms with Gasteiger partial charge in [-0.1, -0.05) is 6.42 Å². The number of pyridine rings is 1. The predicted molar refractivity (Wildman–Crippen MR) is 109 cm³/mol. The van der Waals surface area contributed by atoms with Crippen molar-refractivity contribution in [3.8, 4) is 0 Å². The van der Waals surface area contributed by atoms with E-state index < -0.39 is 17.2 Å². The Hall–Kier alpha value is -2.25. The van der Waals surface area contributed by atoms with E-state index in [1.54, 1.807) is 0 Å². The maximum absolute atomic E-state index is 13.6. The molecule has 4 heterocycles. The standard InChI is InChI=1S/C22H27FN4O2/c23-15-4-5-18-16(8-15)21(28)17(11-25-18)22(29)26-12-20-14-7-13(9-24-10-14)19-3-1-2-6-27(19)20/h4-5,8,11,13-14,19-20,24H,1-3,6-7,9-10,12H2,(H,25,28)(H,26,29)/t13-,14+,19+,20+/m1/s1. The van der Waals surface area contributed by atoms with E-state index in [4.69, 9.17) is 0 Å². The van der Waals surface area contributed by atoms with Gasteiger partial charge in [-0.05, 0) is 68.9 Å². The summed E-state index contributed by atoms with van der Waals surface area (Å²) in [7, 11) is 0. The zero-order valence-corrected chi connectivity index (χ0v) is 16.4. The van der Waals surface area contributed by atoms with Gasteiger partial charge >= 0.3 is 0 Å². The second-order valence-corrected chi connectivity index (χ2v) is 8.71. The van der Waals surface area contributed by atoms with Crippen LogP contribution in [0.15, 0.2) is 29.2 Å². The molecule has 6 nitrogen and oxygen atoms in total. The molecule has 3 N–H and O–H groups in total. The number of hydrogen-bond acceptors (Lipinski definition) is 4. The van der Waals surface area contributed by atoms with Crippen molar-refractivity contribution >= 4 is 16.8 Å². The lowest BCUT2D eigenvalue weighted by molar-refractivity contribution is -0.0371. The van der Waals surface area contributed by atoms with Crippen LogP contribution in [0.1, 0.15) is 36.0 Å². The van der Waals surface area contributed by atoms with Gasteiger partial charge in [-0.2, -0.15) is 0 Å². The van der Waals surface area contributed by atoms with Crippen LogP contribution in [0.4, 0.5) is 4.39 Å². The number of nitrogens with zero attached hydrogens (tertiary/aromatic N) is 1. The molecule has 29 heavy (non-hydrogen) atoms. The number of fused-ring (bicyclic) bond motifs is 5. The van der Waals surface area contributed by atoms with Crippen LogP contribution in [0.5, 0.6) is 0 Å². The Labute approximate surface area is 168 Å². The first-order chi connectivity index (χ1) is 14.1. The first-order valence-corrected chi connectivity index (χ1v) is 10.7. The molecule has 1 aromatic heterocycles. The van der Waals surface area contributed by atoms with Crippen molar-refractivity contribution in [3.05, 3.63) is 46.0 Å². The lowest BCUT2D eigenvalue weighted by Gasteiger charge is -2.55. The van der Waals surface area contributed by atoms with Crippen LogP contribution in [0, 0.1) is 17.7 Å². The summed E-state index contributed by atoms with van der Waals surface area (Å²) in [6.45, 7) is 3.71. The van der Waals surface area contributed by atoms with Gasteiger partial charge in [-0.3, -0.25) is 14.5 Å². The molecule has 2 aromatic rings. The molecule has 0 aliphatic carbocycles. The summed E-state index contributed by atoms with van der Waals surface area (Å²) < 4.78 is 13.6. The zero-order chi connectivity index (χ0) is 20.0. The minimum absolute atomic E-state index is 0.0359. The maximum atomic E-state index is 13.6. The number of H-pyrrole nitrogens is 1. The molecule has 1 amide bonds. The van der Waals surface area contributed by atoms with Gasteiger partial charge < -0.3 is 15.6 Å². The summed E-state index contributed by atoms with van der Waals surface area (Å²) in [5, 5.41) is 6.78. The summed E-state index contributed by atoms with van der Waals surface area (Å²) in [6.07, 6.45) is 6.37. The number of benzene rings is 1. The first-order valence-electron chi connectivity index (χ1n) is 10.7. The van der Waals surface area contributed by atoms with E-state index >= 15 is 0 Å². The third-order valence-corrected chi connectivity index (χ3v) is 7.08. The molecular formula is C22H27FN4O2. The number of aromatic amines is 1. The Morgan fingerprint density at radius 2 is 2.10 bits per heavy atom. The zero-order valence-electron chi connectivity index (χ0n) is 16.4. The van der Waals surface area contributed by atoms with Gasteiger partial charge in [0.15, 0.2) is 0 Å². The molecule has 7 heteroatoms. The Morgan fingerprint density at radius 1 is 1.24 bits per heavy atom. The van der Waals surface area contributed by atoms with Crippen LogP contribution >= 0.6 is 0 Å². The second-order valence-electron chi connectivity index (χ2n) is 8.71. The Balaban J connectivity index is 1.35. The van der Waals surface area contributed by atoms with Crippen molar-refractivity contribution in [2.75, 3.05) is 26.2 Å². The maximum Gasteiger partial charge on any atom is 0.256 e. The largest absolute Gasteiger partial charge is 0.360 e. The molecular weight excluding hydrogens is 371 g/mol. The Kier molecular flexibility index (Phi) is 4.87. The van der Waals surface area contributed by atoms with Crippen molar-refractivity contribution in [3.63, 3.8) is 0 Å². The average molecular weight is 398 g/mol. The fourth-order valence-corrected chi connectivity index (χ4v) is 5.70. The number of hydrogen-bond donors (Lipinski definition) is 3. The van der Waals surface area contributed by atoms with Crippen molar-refractivity contribution in [1.29, 1.82) is 0 Å². The number of carbonyl (C=O) groups is 1. The average Bonchev–Trinajstić information content (AvgIpc) is 2.74. The second kappa shape index (κ2) is 7.54. The van der Waals surface area contributed by atoms with Crippen LogP contribution in [-0.2, 0) is 0 Å². The number of rotatable bonds is 3. The summed E-state index contributed by atoms with van der Waals surface area (Å²) in [6, 6.07) is 4.88. The smallest absolute Gasteiger partial charge is 0.256 e. The number of aromatic nitrogens is 1. The summed E-state index contributed by atoms with van der Waals surface area (Å²) in [5.74, 6) is 0.349. The quantitative estimate of drug-likeness (QED) is 0.738. The SMILES string of the molecule is O=C(NC[C@H]1[C@@H]2CNC[C@@H](C2)[C@@H]2CCCCN21)c1c[nH]c2ccc(F)cc2c1=O. The minimum atomic E-state index is -0.488. The summed E-state index contributed by atoms with van der Waals surface area (Å²) >= 11 is 0. The molecule has 0 unspecified atom stereocenters. The number of piperidine rings is 3. The highest BCUT2D eigenvalue weighted by molar-refractivity contribution is 5.97. The molecule has 3 saturated heterocycles. The van der Waals surface area contributed by atoms with Gasteiger partial charge in [0.1, 0.15) is 11.4 Å². The van der Waals surface area contributed by atoms with E-state index in [1.165, 1.54) is 50.1 Å². The van der Waals surface area contributed by atoms with Crippen molar-refractivity contribution in [2.24, 2.45) is 11.8 Å². The topological polar surface area (TPSA) is 77.2 Å². The molecule has 4 atom stereocenters. The highest BCUT2D eigenvalue weighted by Crippen LogP contribution is 2.38. The third-order valence-electron chi connectivity index (χ3n) is 7.08. The summed E-state index contributed by atoms with van der Waals surface area (Å²) in [5.41, 5.74) is 0.124. The molecule has 2 bridgehead atoms. The van der Waals surface area contributed by atoms with Crippen molar-refractivity contribution in [1.82, 2.24) is 20.5 Å². The van der Waals surface area contributed by atoms with Crippen LogP contribution < -0.4 is 16.1 Å². The van der Waals surface area contributed by atoms with Gasteiger partial charge in [-0.25, -0.2) is 4.39 Å². The predicted octanol–water partition coefficient (Wildman–Crippen LogP) is 1.86. The molecule has 0 saturated carbocycles. The fraction of sp³-hybridized carbons (Fsp3) is 0.545. The Bertz CT molecular complexity index is 990. The lowest BCUT2D eigenvalue weighted by atomic mass is 9.73. The summed E-state index contributed by atoms with van der Waals surface area (Å²) in [4.78, 5) is 31.1. The van der Waals surface area contributed by atoms with Crippen molar-refractivity contribution < 1.29 is 9.18 Å². The number of carbonyl (C=O) groups excluding carboxylic acids is 1. The molecule has 154 valence electrons. The minimum Gasteiger partial charge on any atom is -0.360 e. The molecule has 3 aliphatic heterocycles. The monoisotopic (exact) mass is 398 g/mol. The van der Waals surface area contributed by atoms with E-state index in [9.17, 15) is 14.0 Å². The van der Waals surface area contributed by atoms with Crippen molar-refractivity contribution in [2.45, 2.75) is 37.8 Å². The molecule has 3 aliphatic rings. The van der Waals surface area contributed by atoms with Crippen LogP contribution in [0.2, 0.25) is 0 Å². The van der Waals surface area contributed by atoms with E-state index in [0.29, 0.717) is 36.0 Å². The van der Waals surface area contributed by atoms with Gasteiger partial charge in [0.05, 0.1) is 0 Å². The molecule has 1 aromatic carbocycles. The van der Waals surface area contributed by atoms with E-state index in [-0.39, 0.29) is 10.9 Å². The highest BCUT2D eigenvalue weighted by Gasteiger charge is 2.45. The number of nitrogens with one attached hydrogen (secondary N) is 3. The van der Waals surface area contributed by atoms with Crippen LogP contribution in [-0.4, -0.2) is 54.1 Å². The lowest BCUT2D eigenvalue weighted by Crippen LogP contribution is -2.65. The fourth-order valence-electron chi connectivity index (χ4n) is 5.70.